The second-order valence-electron chi connectivity index (χ2n) is 3.98. The summed E-state index contributed by atoms with van der Waals surface area (Å²) in [6, 6.07) is 6.50. The number of anilines is 3. The Morgan fingerprint density at radius 1 is 1.33 bits per heavy atom. The molecule has 0 radical (unpaired) electrons. The highest BCUT2D eigenvalue weighted by atomic mass is 16.4. The maximum Gasteiger partial charge on any atom is 0.335 e. The van der Waals surface area contributed by atoms with Crippen LogP contribution in [0.5, 0.6) is 0 Å². The van der Waals surface area contributed by atoms with Crippen LogP contribution in [0.2, 0.25) is 0 Å². The van der Waals surface area contributed by atoms with Gasteiger partial charge in [0.25, 0.3) is 0 Å². The van der Waals surface area contributed by atoms with Crippen molar-refractivity contribution in [3.8, 4) is 0 Å². The Balaban J connectivity index is 2.27. The van der Waals surface area contributed by atoms with Gasteiger partial charge in [0, 0.05) is 6.20 Å². The van der Waals surface area contributed by atoms with Crippen LogP contribution in [0.25, 0.3) is 0 Å². The van der Waals surface area contributed by atoms with Gasteiger partial charge < -0.3 is 16.2 Å². The minimum Gasteiger partial charge on any atom is -0.478 e. The van der Waals surface area contributed by atoms with Gasteiger partial charge in [-0.05, 0) is 36.8 Å². The SMILES string of the molecule is Cc1cncc(Nc2ccc(C(=O)O)cc2N)c1. The summed E-state index contributed by atoms with van der Waals surface area (Å²) in [6.07, 6.45) is 3.43. The first-order valence-electron chi connectivity index (χ1n) is 5.38. The number of nitrogens with zero attached hydrogens (tertiary/aromatic N) is 1. The van der Waals surface area contributed by atoms with E-state index in [2.05, 4.69) is 10.3 Å². The van der Waals surface area contributed by atoms with E-state index in [4.69, 9.17) is 10.8 Å². The molecule has 2 aromatic rings. The predicted octanol–water partition coefficient (Wildman–Crippen LogP) is 2.41. The summed E-state index contributed by atoms with van der Waals surface area (Å²) in [6.45, 7) is 1.94. The Bertz CT molecular complexity index is 597. The third-order valence-corrected chi connectivity index (χ3v) is 2.45. The highest BCUT2D eigenvalue weighted by Crippen LogP contribution is 2.24. The molecule has 0 spiro atoms. The minimum atomic E-state index is -0.995. The number of aryl methyl sites for hydroxylation is 1. The van der Waals surface area contributed by atoms with Crippen LogP contribution in [0, 0.1) is 6.92 Å². The van der Waals surface area contributed by atoms with Gasteiger partial charge in [0.15, 0.2) is 0 Å². The molecule has 5 nitrogen and oxygen atoms in total. The molecule has 0 aliphatic rings. The molecule has 1 aromatic carbocycles. The zero-order valence-electron chi connectivity index (χ0n) is 9.84. The molecular weight excluding hydrogens is 230 g/mol. The second-order valence-corrected chi connectivity index (χ2v) is 3.98. The average Bonchev–Trinajstić information content (AvgIpc) is 2.31. The molecule has 0 saturated carbocycles. The molecule has 0 saturated heterocycles. The molecule has 0 amide bonds. The van der Waals surface area contributed by atoms with Crippen LogP contribution in [0.15, 0.2) is 36.7 Å². The number of rotatable bonds is 3. The molecule has 92 valence electrons. The molecule has 1 heterocycles. The van der Waals surface area contributed by atoms with Gasteiger partial charge in [0.05, 0.1) is 28.8 Å². The Kier molecular flexibility index (Phi) is 3.14. The van der Waals surface area contributed by atoms with Gasteiger partial charge in [-0.15, -0.1) is 0 Å². The van der Waals surface area contributed by atoms with Crippen molar-refractivity contribution >= 4 is 23.0 Å². The normalized spacial score (nSPS) is 10.1. The number of hydrogen-bond donors (Lipinski definition) is 3. The van der Waals surface area contributed by atoms with Crippen LogP contribution >= 0.6 is 0 Å². The summed E-state index contributed by atoms with van der Waals surface area (Å²) in [5.74, 6) is -0.995. The third kappa shape index (κ3) is 2.57. The zero-order chi connectivity index (χ0) is 13.1. The van der Waals surface area contributed by atoms with Gasteiger partial charge >= 0.3 is 5.97 Å². The van der Waals surface area contributed by atoms with Crippen LogP contribution in [0.3, 0.4) is 0 Å². The van der Waals surface area contributed by atoms with Crippen molar-refractivity contribution in [1.29, 1.82) is 0 Å². The number of nitrogens with one attached hydrogen (secondary N) is 1. The smallest absolute Gasteiger partial charge is 0.335 e. The minimum absolute atomic E-state index is 0.167. The standard InChI is InChI=1S/C13H13N3O2/c1-8-4-10(7-15-6-8)16-12-3-2-9(13(17)18)5-11(12)14/h2-7,16H,14H2,1H3,(H,17,18). The predicted molar refractivity (Wildman–Crippen MR) is 70.1 cm³/mol. The molecule has 18 heavy (non-hydrogen) atoms. The monoisotopic (exact) mass is 243 g/mol. The molecule has 4 N–H and O–H groups in total. The van der Waals surface area contributed by atoms with Crippen LogP contribution in [0.4, 0.5) is 17.1 Å². The fraction of sp³-hybridized carbons (Fsp3) is 0.0769. The molecule has 0 fully saturated rings. The van der Waals surface area contributed by atoms with Gasteiger partial charge in [-0.25, -0.2) is 4.79 Å². The number of nitrogen functional groups attached to an aromatic ring is 1. The van der Waals surface area contributed by atoms with E-state index in [1.807, 2.05) is 13.0 Å². The van der Waals surface area contributed by atoms with Crippen molar-refractivity contribution in [3.63, 3.8) is 0 Å². The number of benzene rings is 1. The van der Waals surface area contributed by atoms with Gasteiger partial charge in [0.1, 0.15) is 0 Å². The Hall–Kier alpha value is -2.56. The maximum atomic E-state index is 10.8. The van der Waals surface area contributed by atoms with Crippen molar-refractivity contribution in [1.82, 2.24) is 4.98 Å². The Morgan fingerprint density at radius 3 is 2.72 bits per heavy atom. The van der Waals surface area contributed by atoms with Crippen LogP contribution in [-0.4, -0.2) is 16.1 Å². The van der Waals surface area contributed by atoms with E-state index in [9.17, 15) is 4.79 Å². The molecule has 1 aromatic heterocycles. The quantitative estimate of drug-likeness (QED) is 0.720. The van der Waals surface area contributed by atoms with E-state index in [1.165, 1.54) is 12.1 Å². The summed E-state index contributed by atoms with van der Waals surface area (Å²) in [7, 11) is 0. The van der Waals surface area contributed by atoms with Crippen molar-refractivity contribution in [3.05, 3.63) is 47.8 Å². The molecule has 0 aliphatic heterocycles. The van der Waals surface area contributed by atoms with E-state index in [0.717, 1.165) is 11.3 Å². The lowest BCUT2D eigenvalue weighted by Crippen LogP contribution is -2.01. The average molecular weight is 243 g/mol. The lowest BCUT2D eigenvalue weighted by Gasteiger charge is -2.10. The molecule has 0 atom stereocenters. The molecule has 0 bridgehead atoms. The van der Waals surface area contributed by atoms with Gasteiger partial charge in [-0.3, -0.25) is 4.98 Å². The fourth-order valence-corrected chi connectivity index (χ4v) is 1.59. The third-order valence-electron chi connectivity index (χ3n) is 2.45. The number of aromatic nitrogens is 1. The summed E-state index contributed by atoms with van der Waals surface area (Å²) in [5, 5.41) is 11.9. The summed E-state index contributed by atoms with van der Waals surface area (Å²) < 4.78 is 0. The number of nitrogens with two attached hydrogens (primary N) is 1. The molecule has 0 aliphatic carbocycles. The van der Waals surface area contributed by atoms with E-state index in [0.29, 0.717) is 11.4 Å². The first-order valence-corrected chi connectivity index (χ1v) is 5.38. The van der Waals surface area contributed by atoms with Crippen molar-refractivity contribution in [2.45, 2.75) is 6.92 Å². The molecule has 5 heteroatoms. The lowest BCUT2D eigenvalue weighted by atomic mass is 10.1. The van der Waals surface area contributed by atoms with E-state index >= 15 is 0 Å². The Morgan fingerprint density at radius 2 is 2.11 bits per heavy atom. The van der Waals surface area contributed by atoms with Crippen molar-refractivity contribution < 1.29 is 9.90 Å². The van der Waals surface area contributed by atoms with Gasteiger partial charge in [-0.1, -0.05) is 0 Å². The zero-order valence-corrected chi connectivity index (χ0v) is 9.84. The van der Waals surface area contributed by atoms with Crippen molar-refractivity contribution in [2.24, 2.45) is 0 Å². The van der Waals surface area contributed by atoms with E-state index in [1.54, 1.807) is 18.5 Å². The summed E-state index contributed by atoms with van der Waals surface area (Å²) in [4.78, 5) is 14.8. The number of carbonyl (C=O) groups is 1. The van der Waals surface area contributed by atoms with Gasteiger partial charge in [-0.2, -0.15) is 0 Å². The van der Waals surface area contributed by atoms with E-state index in [-0.39, 0.29) is 5.56 Å². The topological polar surface area (TPSA) is 88.2 Å². The number of carboxylic acids is 1. The number of pyridine rings is 1. The summed E-state index contributed by atoms with van der Waals surface area (Å²) in [5.41, 5.74) is 8.85. The first kappa shape index (κ1) is 11.9. The first-order chi connectivity index (χ1) is 8.56. The fourth-order valence-electron chi connectivity index (χ4n) is 1.59. The van der Waals surface area contributed by atoms with Crippen LogP contribution < -0.4 is 11.1 Å². The van der Waals surface area contributed by atoms with Gasteiger partial charge in [0.2, 0.25) is 0 Å². The molecular formula is C13H13N3O2. The second kappa shape index (κ2) is 4.75. The maximum absolute atomic E-state index is 10.8. The number of aromatic carboxylic acids is 1. The van der Waals surface area contributed by atoms with Crippen LogP contribution in [-0.2, 0) is 0 Å². The summed E-state index contributed by atoms with van der Waals surface area (Å²) >= 11 is 0. The highest BCUT2D eigenvalue weighted by molar-refractivity contribution is 5.90. The molecule has 0 unspecified atom stereocenters. The largest absolute Gasteiger partial charge is 0.478 e. The number of hydrogen-bond acceptors (Lipinski definition) is 4. The van der Waals surface area contributed by atoms with Crippen LogP contribution in [0.1, 0.15) is 15.9 Å². The van der Waals surface area contributed by atoms with E-state index < -0.39 is 5.97 Å². The Labute approximate surface area is 104 Å². The molecule has 2 rings (SSSR count). The number of carboxylic acid groups (broad SMARTS) is 1. The highest BCUT2D eigenvalue weighted by Gasteiger charge is 2.06. The lowest BCUT2D eigenvalue weighted by molar-refractivity contribution is 0.0697. The van der Waals surface area contributed by atoms with Crippen molar-refractivity contribution in [2.75, 3.05) is 11.1 Å².